The molecule has 2 atom stereocenters. The highest BCUT2D eigenvalue weighted by Crippen LogP contribution is 2.33. The van der Waals surface area contributed by atoms with E-state index in [2.05, 4.69) is 0 Å². The first-order chi connectivity index (χ1) is 10.1. The van der Waals surface area contributed by atoms with Gasteiger partial charge in [0.2, 0.25) is 0 Å². The summed E-state index contributed by atoms with van der Waals surface area (Å²) in [6.07, 6.45) is -5.15. The third-order valence-corrected chi connectivity index (χ3v) is 6.55. The monoisotopic (exact) mass is 344 g/mol. The van der Waals surface area contributed by atoms with Crippen molar-refractivity contribution in [2.24, 2.45) is 11.8 Å². The van der Waals surface area contributed by atoms with E-state index in [1.807, 2.05) is 6.92 Å². The first-order valence-corrected chi connectivity index (χ1v) is 9.02. The second-order valence-corrected chi connectivity index (χ2v) is 8.26. The second-order valence-electron chi connectivity index (χ2n) is 6.34. The molecular weight excluding hydrogens is 321 g/mol. The number of hydrogen-bond donors (Lipinski definition) is 1. The number of alkyl halides is 3. The van der Waals surface area contributed by atoms with Gasteiger partial charge in [-0.2, -0.15) is 30.2 Å². The molecule has 0 bridgehead atoms. The van der Waals surface area contributed by atoms with Crippen LogP contribution in [-0.4, -0.2) is 60.6 Å². The molecule has 2 aliphatic rings. The number of aliphatic hydroxyl groups excluding tert-OH is 1. The Morgan fingerprint density at radius 3 is 2.18 bits per heavy atom. The molecular formula is C13H23F3N2O3S. The van der Waals surface area contributed by atoms with E-state index in [0.29, 0.717) is 19.0 Å². The Morgan fingerprint density at radius 2 is 1.68 bits per heavy atom. The van der Waals surface area contributed by atoms with E-state index in [9.17, 15) is 26.7 Å². The van der Waals surface area contributed by atoms with Crippen molar-refractivity contribution in [3.8, 4) is 0 Å². The molecule has 0 aromatic rings. The first kappa shape index (κ1) is 18.0. The maximum Gasteiger partial charge on any atom is 0.414 e. The van der Waals surface area contributed by atoms with Crippen molar-refractivity contribution in [3.63, 3.8) is 0 Å². The number of rotatable bonds is 3. The molecule has 0 aliphatic carbocycles. The van der Waals surface area contributed by atoms with Crippen molar-refractivity contribution in [1.82, 2.24) is 8.61 Å². The Labute approximate surface area is 129 Å². The van der Waals surface area contributed by atoms with E-state index in [1.165, 1.54) is 8.61 Å². The van der Waals surface area contributed by atoms with Crippen molar-refractivity contribution in [2.45, 2.75) is 44.9 Å². The average molecular weight is 344 g/mol. The molecule has 1 N–H and O–H groups in total. The number of aliphatic hydroxyl groups is 1. The van der Waals surface area contributed by atoms with Gasteiger partial charge in [-0.15, -0.1) is 0 Å². The molecule has 0 aromatic carbocycles. The summed E-state index contributed by atoms with van der Waals surface area (Å²) in [6, 6.07) is 0. The summed E-state index contributed by atoms with van der Waals surface area (Å²) >= 11 is 0. The Morgan fingerprint density at radius 1 is 1.09 bits per heavy atom. The highest BCUT2D eigenvalue weighted by atomic mass is 32.2. The predicted octanol–water partition coefficient (Wildman–Crippen LogP) is 1.60. The summed E-state index contributed by atoms with van der Waals surface area (Å²) in [6.45, 7) is 2.99. The van der Waals surface area contributed by atoms with Crippen LogP contribution in [0.3, 0.4) is 0 Å². The zero-order valence-corrected chi connectivity index (χ0v) is 13.4. The van der Waals surface area contributed by atoms with E-state index in [0.717, 1.165) is 12.8 Å². The van der Waals surface area contributed by atoms with Crippen LogP contribution >= 0.6 is 0 Å². The molecule has 5 nitrogen and oxygen atoms in total. The van der Waals surface area contributed by atoms with Crippen molar-refractivity contribution < 1.29 is 26.7 Å². The smallest absolute Gasteiger partial charge is 0.383 e. The molecule has 2 saturated heterocycles. The van der Waals surface area contributed by atoms with Crippen LogP contribution in [0.25, 0.3) is 0 Å². The lowest BCUT2D eigenvalue weighted by atomic mass is 9.92. The van der Waals surface area contributed by atoms with Gasteiger partial charge in [0.05, 0.1) is 0 Å². The van der Waals surface area contributed by atoms with Gasteiger partial charge in [-0.3, -0.25) is 0 Å². The highest BCUT2D eigenvalue weighted by Gasteiger charge is 2.45. The van der Waals surface area contributed by atoms with Gasteiger partial charge in [-0.25, -0.2) is 0 Å². The summed E-state index contributed by atoms with van der Waals surface area (Å²) in [5.41, 5.74) is 0. The van der Waals surface area contributed by atoms with Crippen LogP contribution in [0.4, 0.5) is 13.2 Å². The molecule has 9 heteroatoms. The summed E-state index contributed by atoms with van der Waals surface area (Å²) < 4.78 is 65.3. The molecule has 2 rings (SSSR count). The van der Waals surface area contributed by atoms with Crippen molar-refractivity contribution in [3.05, 3.63) is 0 Å². The van der Waals surface area contributed by atoms with E-state index in [-0.39, 0.29) is 25.9 Å². The van der Waals surface area contributed by atoms with Gasteiger partial charge in [-0.1, -0.05) is 6.92 Å². The fourth-order valence-corrected chi connectivity index (χ4v) is 5.01. The fourth-order valence-electron chi connectivity index (χ4n) is 3.21. The molecule has 130 valence electrons. The topological polar surface area (TPSA) is 60.9 Å². The zero-order valence-electron chi connectivity index (χ0n) is 12.6. The predicted molar refractivity (Wildman–Crippen MR) is 75.2 cm³/mol. The molecule has 0 aromatic heterocycles. The van der Waals surface area contributed by atoms with Gasteiger partial charge in [0, 0.05) is 26.2 Å². The Balaban J connectivity index is 1.96. The van der Waals surface area contributed by atoms with E-state index < -0.39 is 28.4 Å². The van der Waals surface area contributed by atoms with Crippen molar-refractivity contribution in [1.29, 1.82) is 0 Å². The lowest BCUT2D eigenvalue weighted by Crippen LogP contribution is -2.51. The summed E-state index contributed by atoms with van der Waals surface area (Å²) in [5.74, 6) is -0.625. The van der Waals surface area contributed by atoms with Crippen LogP contribution in [0.2, 0.25) is 0 Å². The van der Waals surface area contributed by atoms with Crippen LogP contribution < -0.4 is 0 Å². The van der Waals surface area contributed by atoms with Gasteiger partial charge < -0.3 is 5.11 Å². The molecule has 0 radical (unpaired) electrons. The summed E-state index contributed by atoms with van der Waals surface area (Å²) in [4.78, 5) is 0. The summed E-state index contributed by atoms with van der Waals surface area (Å²) in [7, 11) is -3.60. The van der Waals surface area contributed by atoms with Gasteiger partial charge >= 0.3 is 6.18 Å². The lowest BCUT2D eigenvalue weighted by Gasteiger charge is -2.38. The van der Waals surface area contributed by atoms with Gasteiger partial charge in [-0.05, 0) is 37.5 Å². The van der Waals surface area contributed by atoms with Crippen molar-refractivity contribution in [2.75, 3.05) is 26.2 Å². The van der Waals surface area contributed by atoms with Gasteiger partial charge in [0.15, 0.2) is 6.10 Å². The lowest BCUT2D eigenvalue weighted by molar-refractivity contribution is -0.222. The number of piperidine rings is 2. The Bertz CT molecular complexity index is 475. The van der Waals surface area contributed by atoms with E-state index in [4.69, 9.17) is 0 Å². The summed E-state index contributed by atoms with van der Waals surface area (Å²) in [5, 5.41) is 9.28. The molecule has 2 heterocycles. The number of hydrogen-bond acceptors (Lipinski definition) is 3. The standard InChI is InChI=1S/C13H23F3N2O3S/c1-10-3-2-6-18(9-10)22(20,21)17-7-4-11(5-8-17)12(19)13(14,15)16/h10-12,19H,2-9H2,1H3/t10-,12-/m0/s1. The minimum Gasteiger partial charge on any atom is -0.383 e. The Kier molecular flexibility index (Phi) is 5.41. The number of halogens is 3. The zero-order chi connectivity index (χ0) is 16.5. The minimum absolute atomic E-state index is 0.0311. The minimum atomic E-state index is -4.64. The van der Waals surface area contributed by atoms with Gasteiger partial charge in [0.1, 0.15) is 0 Å². The maximum absolute atomic E-state index is 12.5. The second kappa shape index (κ2) is 6.62. The molecule has 2 aliphatic heterocycles. The molecule has 0 saturated carbocycles. The maximum atomic E-state index is 12.5. The van der Waals surface area contributed by atoms with E-state index in [1.54, 1.807) is 0 Å². The molecule has 0 unspecified atom stereocenters. The molecule has 22 heavy (non-hydrogen) atoms. The highest BCUT2D eigenvalue weighted by molar-refractivity contribution is 7.86. The van der Waals surface area contributed by atoms with Crippen LogP contribution in [0.1, 0.15) is 32.6 Å². The fraction of sp³-hybridized carbons (Fsp3) is 1.00. The molecule has 2 fully saturated rings. The average Bonchev–Trinajstić information content (AvgIpc) is 2.45. The van der Waals surface area contributed by atoms with Crippen molar-refractivity contribution >= 4 is 10.2 Å². The first-order valence-electron chi connectivity index (χ1n) is 7.62. The quantitative estimate of drug-likeness (QED) is 0.846. The van der Waals surface area contributed by atoms with E-state index >= 15 is 0 Å². The van der Waals surface area contributed by atoms with Crippen LogP contribution in [-0.2, 0) is 10.2 Å². The third-order valence-electron chi connectivity index (χ3n) is 4.55. The van der Waals surface area contributed by atoms with Gasteiger partial charge in [0.25, 0.3) is 10.2 Å². The number of nitrogens with zero attached hydrogens (tertiary/aromatic N) is 2. The Hall–Kier alpha value is -0.380. The molecule has 0 spiro atoms. The van der Waals surface area contributed by atoms with Crippen LogP contribution in [0.15, 0.2) is 0 Å². The molecule has 0 amide bonds. The van der Waals surface area contributed by atoms with Crippen LogP contribution in [0, 0.1) is 11.8 Å². The van der Waals surface area contributed by atoms with Crippen LogP contribution in [0.5, 0.6) is 0 Å². The SMILES string of the molecule is C[C@H]1CCCN(S(=O)(=O)N2CCC([C@H](O)C(F)(F)F)CC2)C1. The largest absolute Gasteiger partial charge is 0.414 e. The third kappa shape index (κ3) is 3.93. The normalized spacial score (nSPS) is 28.7.